The Bertz CT molecular complexity index is 535. The number of amides is 1. The van der Waals surface area contributed by atoms with Crippen molar-refractivity contribution in [2.45, 2.75) is 20.3 Å². The highest BCUT2D eigenvalue weighted by Gasteiger charge is 2.09. The molecule has 0 aliphatic carbocycles. The highest BCUT2D eigenvalue weighted by Crippen LogP contribution is 2.17. The molecule has 0 aliphatic heterocycles. The molecule has 0 spiro atoms. The van der Waals surface area contributed by atoms with Crippen LogP contribution >= 0.6 is 0 Å². The van der Waals surface area contributed by atoms with E-state index in [1.54, 1.807) is 18.2 Å². The molecule has 0 fully saturated rings. The molecule has 1 N–H and O–H groups in total. The van der Waals surface area contributed by atoms with Gasteiger partial charge in [0.25, 0.3) is 5.91 Å². The molecule has 0 aliphatic rings. The number of rotatable bonds is 5. The second-order valence-electron chi connectivity index (χ2n) is 4.76. The molecule has 1 amide bonds. The number of carbonyl (C=O) groups is 1. The van der Waals surface area contributed by atoms with Crippen molar-refractivity contribution in [2.24, 2.45) is 5.92 Å². The Hall–Kier alpha value is -2.17. The van der Waals surface area contributed by atoms with Crippen LogP contribution in [0.2, 0.25) is 0 Å². The summed E-state index contributed by atoms with van der Waals surface area (Å²) in [5.41, 5.74) is 1.34. The van der Waals surface area contributed by atoms with Crippen LogP contribution < -0.4 is 5.32 Å². The van der Waals surface area contributed by atoms with Crippen molar-refractivity contribution in [3.8, 4) is 11.5 Å². The molecule has 100 valence electrons. The zero-order valence-electron chi connectivity index (χ0n) is 11.1. The van der Waals surface area contributed by atoms with Crippen LogP contribution in [0.1, 0.15) is 30.6 Å². The van der Waals surface area contributed by atoms with Crippen LogP contribution in [0, 0.1) is 5.92 Å². The Morgan fingerprint density at radius 2 is 2.26 bits per heavy atom. The fourth-order valence-corrected chi connectivity index (χ4v) is 1.67. The van der Waals surface area contributed by atoms with E-state index in [0.29, 0.717) is 23.9 Å². The van der Waals surface area contributed by atoms with Crippen LogP contribution in [0.25, 0.3) is 11.5 Å². The predicted octanol–water partition coefficient (Wildman–Crippen LogP) is 2.51. The summed E-state index contributed by atoms with van der Waals surface area (Å²) in [6.07, 6.45) is 2.24. The van der Waals surface area contributed by atoms with Gasteiger partial charge in [0.2, 0.25) is 12.3 Å². The number of hydrogen-bond donors (Lipinski definition) is 1. The summed E-state index contributed by atoms with van der Waals surface area (Å²) >= 11 is 0. The summed E-state index contributed by atoms with van der Waals surface area (Å²) in [7, 11) is 0. The van der Waals surface area contributed by atoms with E-state index in [-0.39, 0.29) is 5.91 Å². The van der Waals surface area contributed by atoms with Crippen molar-refractivity contribution in [3.05, 3.63) is 36.2 Å². The van der Waals surface area contributed by atoms with Gasteiger partial charge in [-0.25, -0.2) is 0 Å². The van der Waals surface area contributed by atoms with Gasteiger partial charge < -0.3 is 9.73 Å². The van der Waals surface area contributed by atoms with Crippen LogP contribution in [0.3, 0.4) is 0 Å². The summed E-state index contributed by atoms with van der Waals surface area (Å²) < 4.78 is 5.11. The number of benzene rings is 1. The molecular formula is C14H17N3O2. The van der Waals surface area contributed by atoms with Gasteiger partial charge in [-0.3, -0.25) is 4.79 Å². The molecule has 0 saturated heterocycles. The van der Waals surface area contributed by atoms with Crippen molar-refractivity contribution >= 4 is 5.91 Å². The van der Waals surface area contributed by atoms with Gasteiger partial charge in [0.15, 0.2) is 0 Å². The number of hydrogen-bond acceptors (Lipinski definition) is 4. The minimum atomic E-state index is -0.0815. The number of nitrogens with zero attached hydrogens (tertiary/aromatic N) is 2. The topological polar surface area (TPSA) is 68.0 Å². The Labute approximate surface area is 112 Å². The lowest BCUT2D eigenvalue weighted by Gasteiger charge is -2.07. The molecule has 0 saturated carbocycles. The largest absolute Gasteiger partial charge is 0.423 e. The fourth-order valence-electron chi connectivity index (χ4n) is 1.67. The van der Waals surface area contributed by atoms with Crippen molar-refractivity contribution in [2.75, 3.05) is 6.54 Å². The normalized spacial score (nSPS) is 10.7. The van der Waals surface area contributed by atoms with Crippen LogP contribution in [0.5, 0.6) is 0 Å². The van der Waals surface area contributed by atoms with Crippen LogP contribution in [-0.2, 0) is 0 Å². The number of nitrogens with one attached hydrogen (secondary N) is 1. The van der Waals surface area contributed by atoms with Crippen molar-refractivity contribution in [1.82, 2.24) is 15.5 Å². The number of carbonyl (C=O) groups excluding carboxylic acids is 1. The molecule has 1 aromatic carbocycles. The maximum atomic E-state index is 12.0. The maximum Gasteiger partial charge on any atom is 0.251 e. The van der Waals surface area contributed by atoms with Gasteiger partial charge in [-0.15, -0.1) is 10.2 Å². The van der Waals surface area contributed by atoms with E-state index < -0.39 is 0 Å². The third kappa shape index (κ3) is 3.64. The molecule has 2 aromatic rings. The second kappa shape index (κ2) is 6.13. The van der Waals surface area contributed by atoms with Crippen LogP contribution in [-0.4, -0.2) is 22.6 Å². The van der Waals surface area contributed by atoms with E-state index in [2.05, 4.69) is 29.4 Å². The summed E-state index contributed by atoms with van der Waals surface area (Å²) in [6.45, 7) is 4.94. The van der Waals surface area contributed by atoms with Crippen molar-refractivity contribution in [1.29, 1.82) is 0 Å². The Balaban J connectivity index is 2.04. The van der Waals surface area contributed by atoms with Crippen LogP contribution in [0.4, 0.5) is 0 Å². The molecule has 0 bridgehead atoms. The fraction of sp³-hybridized carbons (Fsp3) is 0.357. The average molecular weight is 259 g/mol. The van der Waals surface area contributed by atoms with Crippen LogP contribution in [0.15, 0.2) is 35.1 Å². The highest BCUT2D eigenvalue weighted by molar-refractivity contribution is 5.95. The standard InChI is InChI=1S/C14H17N3O2/c1-10(2)6-7-15-13(18)11-4-3-5-12(8-11)14-17-16-9-19-14/h3-5,8-10H,6-7H2,1-2H3,(H,15,18). The van der Waals surface area contributed by atoms with Gasteiger partial charge in [-0.2, -0.15) is 0 Å². The SMILES string of the molecule is CC(C)CCNC(=O)c1cccc(-c2nnco2)c1. The van der Waals surface area contributed by atoms with Gasteiger partial charge in [0.05, 0.1) is 0 Å². The van der Waals surface area contributed by atoms with Gasteiger partial charge in [-0.1, -0.05) is 19.9 Å². The van der Waals surface area contributed by atoms with E-state index in [1.807, 2.05) is 6.07 Å². The molecule has 2 rings (SSSR count). The molecule has 0 atom stereocenters. The lowest BCUT2D eigenvalue weighted by Crippen LogP contribution is -2.25. The lowest BCUT2D eigenvalue weighted by molar-refractivity contribution is 0.0952. The molecule has 19 heavy (non-hydrogen) atoms. The number of aromatic nitrogens is 2. The first-order chi connectivity index (χ1) is 9.16. The minimum Gasteiger partial charge on any atom is -0.423 e. The first-order valence-electron chi connectivity index (χ1n) is 6.31. The van der Waals surface area contributed by atoms with E-state index in [9.17, 15) is 4.79 Å². The smallest absolute Gasteiger partial charge is 0.251 e. The maximum absolute atomic E-state index is 12.0. The molecule has 0 unspecified atom stereocenters. The molecule has 1 aromatic heterocycles. The minimum absolute atomic E-state index is 0.0815. The first-order valence-corrected chi connectivity index (χ1v) is 6.31. The van der Waals surface area contributed by atoms with E-state index >= 15 is 0 Å². The van der Waals surface area contributed by atoms with E-state index in [0.717, 1.165) is 12.0 Å². The second-order valence-corrected chi connectivity index (χ2v) is 4.76. The summed E-state index contributed by atoms with van der Waals surface area (Å²) in [6, 6.07) is 7.15. The van der Waals surface area contributed by atoms with E-state index in [4.69, 9.17) is 4.42 Å². The quantitative estimate of drug-likeness (QED) is 0.895. The average Bonchev–Trinajstić information content (AvgIpc) is 2.92. The van der Waals surface area contributed by atoms with Crippen molar-refractivity contribution in [3.63, 3.8) is 0 Å². The third-order valence-corrected chi connectivity index (χ3v) is 2.74. The first kappa shape index (κ1) is 13.3. The zero-order chi connectivity index (χ0) is 13.7. The highest BCUT2D eigenvalue weighted by atomic mass is 16.4. The summed E-state index contributed by atoms with van der Waals surface area (Å²) in [4.78, 5) is 12.0. The molecular weight excluding hydrogens is 242 g/mol. The van der Waals surface area contributed by atoms with Gasteiger partial charge in [0, 0.05) is 17.7 Å². The Kier molecular flexibility index (Phi) is 4.28. The summed E-state index contributed by atoms with van der Waals surface area (Å²) in [5.74, 6) is 0.906. The van der Waals surface area contributed by atoms with Gasteiger partial charge >= 0.3 is 0 Å². The van der Waals surface area contributed by atoms with E-state index in [1.165, 1.54) is 6.39 Å². The van der Waals surface area contributed by atoms with Gasteiger partial charge in [0.1, 0.15) is 0 Å². The zero-order valence-corrected chi connectivity index (χ0v) is 11.1. The molecule has 5 heteroatoms. The Morgan fingerprint density at radius 1 is 1.42 bits per heavy atom. The molecule has 0 radical (unpaired) electrons. The molecule has 1 heterocycles. The van der Waals surface area contributed by atoms with Gasteiger partial charge in [-0.05, 0) is 30.5 Å². The molecule has 5 nitrogen and oxygen atoms in total. The predicted molar refractivity (Wildman–Crippen MR) is 71.5 cm³/mol. The van der Waals surface area contributed by atoms with Crippen molar-refractivity contribution < 1.29 is 9.21 Å². The summed E-state index contributed by atoms with van der Waals surface area (Å²) in [5, 5.41) is 10.3. The lowest BCUT2D eigenvalue weighted by atomic mass is 10.1. The third-order valence-electron chi connectivity index (χ3n) is 2.74. The monoisotopic (exact) mass is 259 g/mol. The Morgan fingerprint density at radius 3 is 2.95 bits per heavy atom.